The molecule has 0 N–H and O–H groups in total. The number of rotatable bonds is 7. The van der Waals surface area contributed by atoms with Crippen molar-refractivity contribution in [3.63, 3.8) is 0 Å². The minimum Gasteiger partial charge on any atom is -0.469 e. The zero-order valence-corrected chi connectivity index (χ0v) is 25.1. The fourth-order valence-corrected chi connectivity index (χ4v) is 10.9. The molecule has 0 unspecified atom stereocenters. The van der Waals surface area contributed by atoms with E-state index in [2.05, 4.69) is 41.5 Å². The van der Waals surface area contributed by atoms with E-state index >= 15 is 0 Å². The number of ketones is 2. The van der Waals surface area contributed by atoms with Gasteiger partial charge in [-0.2, -0.15) is 0 Å². The standard InChI is InChI=1S/C33H54O4/c1-22(10-13-28(36)37-8)23(34)14-19-31(5)26-12-11-25-30(4)18-9-17-29(2,3)24(30)15-20-32(25,6)33(26,7)21-16-27(31)35/h22,24-26H,9-21H2,1-8H3/t22-,24+,25-,26-,30+,31-,32-,33-/m1/s1. The molecule has 4 nitrogen and oxygen atoms in total. The first-order valence-electron chi connectivity index (χ1n) is 15.3. The normalized spacial score (nSPS) is 43.7. The van der Waals surface area contributed by atoms with Gasteiger partial charge in [-0.25, -0.2) is 0 Å². The van der Waals surface area contributed by atoms with Gasteiger partial charge in [-0.1, -0.05) is 54.9 Å². The van der Waals surface area contributed by atoms with Gasteiger partial charge in [0.25, 0.3) is 0 Å². The van der Waals surface area contributed by atoms with Crippen LogP contribution in [0, 0.1) is 50.7 Å². The Morgan fingerprint density at radius 1 is 0.865 bits per heavy atom. The number of Topliss-reactive ketones (excluding diaryl/α,β-unsaturated/α-hetero) is 2. The highest BCUT2D eigenvalue weighted by molar-refractivity contribution is 5.87. The number of esters is 1. The Morgan fingerprint density at radius 2 is 1.51 bits per heavy atom. The molecule has 0 aliphatic heterocycles. The van der Waals surface area contributed by atoms with Crippen LogP contribution in [0.1, 0.15) is 132 Å². The first-order valence-corrected chi connectivity index (χ1v) is 15.3. The van der Waals surface area contributed by atoms with Crippen LogP contribution in [0.15, 0.2) is 0 Å². The number of methoxy groups -OCH3 is 1. The Kier molecular flexibility index (Phi) is 7.61. The monoisotopic (exact) mass is 514 g/mol. The van der Waals surface area contributed by atoms with E-state index < -0.39 is 5.41 Å². The quantitative estimate of drug-likeness (QED) is 0.323. The predicted octanol–water partition coefficient (Wildman–Crippen LogP) is 7.96. The molecule has 210 valence electrons. The Bertz CT molecular complexity index is 921. The van der Waals surface area contributed by atoms with Crippen molar-refractivity contribution in [1.82, 2.24) is 0 Å². The first kappa shape index (κ1) is 28.8. The molecule has 4 rings (SSSR count). The molecule has 0 saturated heterocycles. The Balaban J connectivity index is 1.55. The summed E-state index contributed by atoms with van der Waals surface area (Å²) in [4.78, 5) is 38.2. The third kappa shape index (κ3) is 4.45. The van der Waals surface area contributed by atoms with E-state index in [0.29, 0.717) is 48.2 Å². The van der Waals surface area contributed by atoms with E-state index in [-0.39, 0.29) is 34.9 Å². The molecule has 4 aliphatic rings. The Hall–Kier alpha value is -1.19. The van der Waals surface area contributed by atoms with Crippen LogP contribution in [0.5, 0.6) is 0 Å². The molecular weight excluding hydrogens is 460 g/mol. The summed E-state index contributed by atoms with van der Waals surface area (Å²) in [6.45, 7) is 16.9. The van der Waals surface area contributed by atoms with E-state index in [9.17, 15) is 14.4 Å². The van der Waals surface area contributed by atoms with E-state index in [0.717, 1.165) is 24.7 Å². The molecule has 37 heavy (non-hydrogen) atoms. The summed E-state index contributed by atoms with van der Waals surface area (Å²) in [6.07, 6.45) is 12.6. The molecule has 8 atom stereocenters. The number of carbonyl (C=O) groups excluding carboxylic acids is 3. The molecule has 4 heteroatoms. The second kappa shape index (κ2) is 9.77. The summed E-state index contributed by atoms with van der Waals surface area (Å²) < 4.78 is 4.75. The molecule has 4 saturated carbocycles. The third-order valence-electron chi connectivity index (χ3n) is 13.3. The van der Waals surface area contributed by atoms with Crippen molar-refractivity contribution in [2.45, 2.75) is 132 Å². The van der Waals surface area contributed by atoms with Crippen LogP contribution < -0.4 is 0 Å². The highest BCUT2D eigenvalue weighted by atomic mass is 16.5. The summed E-state index contributed by atoms with van der Waals surface area (Å²) in [5.74, 6) is 1.99. The Labute approximate surface area is 226 Å². The lowest BCUT2D eigenvalue weighted by molar-refractivity contribution is -0.231. The van der Waals surface area contributed by atoms with Gasteiger partial charge in [0.05, 0.1) is 7.11 Å². The van der Waals surface area contributed by atoms with Crippen LogP contribution in [-0.4, -0.2) is 24.6 Å². The van der Waals surface area contributed by atoms with Gasteiger partial charge in [0.1, 0.15) is 11.6 Å². The van der Waals surface area contributed by atoms with E-state index in [1.165, 1.54) is 45.6 Å². The van der Waals surface area contributed by atoms with E-state index in [4.69, 9.17) is 4.74 Å². The summed E-state index contributed by atoms with van der Waals surface area (Å²) in [7, 11) is 1.39. The molecule has 0 aromatic carbocycles. The van der Waals surface area contributed by atoms with Gasteiger partial charge in [-0.3, -0.25) is 14.4 Å². The summed E-state index contributed by atoms with van der Waals surface area (Å²) in [5.41, 5.74) is 0.768. The fourth-order valence-electron chi connectivity index (χ4n) is 10.9. The SMILES string of the molecule is COC(=O)CC[C@@H](C)C(=O)CC[C@@]1(C)C(=O)CC[C@]2(C)[C@@H]1CC[C@@H]1[C@@]3(C)CCCC(C)(C)[C@@H]3CC[C@]12C. The average Bonchev–Trinajstić information content (AvgIpc) is 2.83. The van der Waals surface area contributed by atoms with Gasteiger partial charge >= 0.3 is 5.97 Å². The lowest BCUT2D eigenvalue weighted by atomic mass is 9.32. The smallest absolute Gasteiger partial charge is 0.305 e. The Morgan fingerprint density at radius 3 is 2.19 bits per heavy atom. The van der Waals surface area contributed by atoms with Crippen molar-refractivity contribution < 1.29 is 19.1 Å². The molecule has 0 aromatic heterocycles. The highest BCUT2D eigenvalue weighted by Gasteiger charge is 2.69. The van der Waals surface area contributed by atoms with Gasteiger partial charge in [0.2, 0.25) is 0 Å². The molecule has 4 fully saturated rings. The van der Waals surface area contributed by atoms with Crippen molar-refractivity contribution in [1.29, 1.82) is 0 Å². The first-order chi connectivity index (χ1) is 17.2. The third-order valence-corrected chi connectivity index (χ3v) is 13.3. The van der Waals surface area contributed by atoms with Gasteiger partial charge in [0, 0.05) is 30.6 Å². The van der Waals surface area contributed by atoms with Crippen LogP contribution in [0.2, 0.25) is 0 Å². The molecule has 0 aromatic rings. The van der Waals surface area contributed by atoms with Gasteiger partial charge < -0.3 is 4.74 Å². The van der Waals surface area contributed by atoms with Crippen molar-refractivity contribution in [2.24, 2.45) is 50.7 Å². The van der Waals surface area contributed by atoms with Crippen molar-refractivity contribution in [2.75, 3.05) is 7.11 Å². The highest BCUT2D eigenvalue weighted by Crippen LogP contribution is 2.75. The zero-order chi connectivity index (χ0) is 27.4. The van der Waals surface area contributed by atoms with E-state index in [1.807, 2.05) is 6.92 Å². The van der Waals surface area contributed by atoms with Gasteiger partial charge in [-0.05, 0) is 97.2 Å². The molecule has 4 aliphatic carbocycles. The van der Waals surface area contributed by atoms with Crippen LogP contribution in [-0.2, 0) is 19.1 Å². The van der Waals surface area contributed by atoms with Crippen LogP contribution >= 0.6 is 0 Å². The van der Waals surface area contributed by atoms with Gasteiger partial charge in [-0.15, -0.1) is 0 Å². The van der Waals surface area contributed by atoms with Crippen LogP contribution in [0.3, 0.4) is 0 Å². The van der Waals surface area contributed by atoms with E-state index in [1.54, 1.807) is 0 Å². The largest absolute Gasteiger partial charge is 0.469 e. The van der Waals surface area contributed by atoms with Crippen molar-refractivity contribution in [3.8, 4) is 0 Å². The predicted molar refractivity (Wildman–Crippen MR) is 148 cm³/mol. The van der Waals surface area contributed by atoms with Gasteiger partial charge in [0.15, 0.2) is 0 Å². The maximum Gasteiger partial charge on any atom is 0.305 e. The van der Waals surface area contributed by atoms with Crippen LogP contribution in [0.25, 0.3) is 0 Å². The molecule has 0 bridgehead atoms. The molecule has 0 radical (unpaired) electrons. The van der Waals surface area contributed by atoms with Crippen molar-refractivity contribution in [3.05, 3.63) is 0 Å². The second-order valence-electron chi connectivity index (χ2n) is 15.3. The summed E-state index contributed by atoms with van der Waals surface area (Å²) in [6, 6.07) is 0. The lowest BCUT2D eigenvalue weighted by Crippen LogP contribution is -2.66. The lowest BCUT2D eigenvalue weighted by Gasteiger charge is -2.72. The van der Waals surface area contributed by atoms with Crippen molar-refractivity contribution >= 4 is 17.5 Å². The number of ether oxygens (including phenoxy) is 1. The topological polar surface area (TPSA) is 60.4 Å². The molecule has 0 spiro atoms. The number of fused-ring (bicyclic) bond motifs is 5. The minimum absolute atomic E-state index is 0.133. The maximum atomic E-state index is 13.6. The molecule has 0 amide bonds. The average molecular weight is 515 g/mol. The number of hydrogen-bond donors (Lipinski definition) is 0. The van der Waals surface area contributed by atoms with Crippen LogP contribution in [0.4, 0.5) is 0 Å². The minimum atomic E-state index is -0.428. The fraction of sp³-hybridized carbons (Fsp3) is 0.909. The molecular formula is C33H54O4. The molecule has 0 heterocycles. The number of carbonyl (C=O) groups is 3. The maximum absolute atomic E-state index is 13.6. The number of hydrogen-bond acceptors (Lipinski definition) is 4. The zero-order valence-electron chi connectivity index (χ0n) is 25.1. The second-order valence-corrected chi connectivity index (χ2v) is 15.3. The summed E-state index contributed by atoms with van der Waals surface area (Å²) >= 11 is 0. The summed E-state index contributed by atoms with van der Waals surface area (Å²) in [5, 5.41) is 0.